The monoisotopic (exact) mass is 298 g/mol. The van der Waals surface area contributed by atoms with E-state index < -0.39 is 9.84 Å². The van der Waals surface area contributed by atoms with E-state index in [-0.39, 0.29) is 0 Å². The molecule has 0 saturated carbocycles. The van der Waals surface area contributed by atoms with Crippen LogP contribution in [0.5, 0.6) is 0 Å². The highest BCUT2D eigenvalue weighted by Crippen LogP contribution is 2.13. The van der Waals surface area contributed by atoms with Crippen molar-refractivity contribution in [2.24, 2.45) is 0 Å². The maximum atomic E-state index is 11.3. The molecule has 0 fully saturated rings. The summed E-state index contributed by atoms with van der Waals surface area (Å²) < 4.78 is 22.7. The van der Waals surface area contributed by atoms with Crippen molar-refractivity contribution in [3.05, 3.63) is 24.3 Å². The molecular formula is C15H26N2O2S. The van der Waals surface area contributed by atoms with E-state index in [4.69, 9.17) is 0 Å². The van der Waals surface area contributed by atoms with Crippen molar-refractivity contribution in [2.75, 3.05) is 31.7 Å². The van der Waals surface area contributed by atoms with E-state index >= 15 is 0 Å². The van der Waals surface area contributed by atoms with Gasteiger partial charge in [-0.15, -0.1) is 0 Å². The Kier molecular flexibility index (Phi) is 6.49. The van der Waals surface area contributed by atoms with Crippen molar-refractivity contribution < 1.29 is 8.42 Å². The van der Waals surface area contributed by atoms with Gasteiger partial charge in [-0.1, -0.05) is 0 Å². The van der Waals surface area contributed by atoms with E-state index in [0.717, 1.165) is 31.6 Å². The third-order valence-corrected chi connectivity index (χ3v) is 4.56. The van der Waals surface area contributed by atoms with Crippen LogP contribution >= 0.6 is 0 Å². The van der Waals surface area contributed by atoms with Gasteiger partial charge < -0.3 is 10.2 Å². The summed E-state index contributed by atoms with van der Waals surface area (Å²) in [6.07, 6.45) is 3.48. The van der Waals surface area contributed by atoms with Gasteiger partial charge in [-0.25, -0.2) is 8.42 Å². The zero-order valence-corrected chi connectivity index (χ0v) is 13.7. The molecule has 4 nitrogen and oxygen atoms in total. The molecule has 5 heteroatoms. The average Bonchev–Trinajstić information content (AvgIpc) is 2.37. The van der Waals surface area contributed by atoms with E-state index in [9.17, 15) is 8.42 Å². The van der Waals surface area contributed by atoms with Crippen LogP contribution < -0.4 is 5.32 Å². The van der Waals surface area contributed by atoms with Crippen LogP contribution in [0.15, 0.2) is 29.2 Å². The van der Waals surface area contributed by atoms with Crippen molar-refractivity contribution >= 4 is 15.5 Å². The minimum Gasteiger partial charge on any atom is -0.385 e. The van der Waals surface area contributed by atoms with Gasteiger partial charge in [0.1, 0.15) is 0 Å². The second-order valence-corrected chi connectivity index (χ2v) is 7.52. The topological polar surface area (TPSA) is 49.4 Å². The second-order valence-electron chi connectivity index (χ2n) is 5.50. The van der Waals surface area contributed by atoms with Crippen LogP contribution in [0.4, 0.5) is 5.69 Å². The van der Waals surface area contributed by atoms with E-state index in [1.807, 2.05) is 12.1 Å². The minimum absolute atomic E-state index is 0.363. The second kappa shape index (κ2) is 7.64. The molecule has 0 aliphatic heterocycles. The maximum absolute atomic E-state index is 11.3. The zero-order chi connectivity index (χ0) is 15.2. The van der Waals surface area contributed by atoms with Gasteiger partial charge in [-0.05, 0) is 64.5 Å². The average molecular weight is 298 g/mol. The summed E-state index contributed by atoms with van der Waals surface area (Å²) in [6, 6.07) is 7.51. The molecule has 0 unspecified atom stereocenters. The van der Waals surface area contributed by atoms with Gasteiger partial charge in [0, 0.05) is 24.5 Å². The van der Waals surface area contributed by atoms with E-state index in [0.29, 0.717) is 10.9 Å². The summed E-state index contributed by atoms with van der Waals surface area (Å²) in [6.45, 7) is 6.40. The summed E-state index contributed by atoms with van der Waals surface area (Å²) in [5, 5.41) is 3.31. The lowest BCUT2D eigenvalue weighted by Crippen LogP contribution is -2.27. The fraction of sp³-hybridized carbons (Fsp3) is 0.600. The highest BCUT2D eigenvalue weighted by atomic mass is 32.2. The van der Waals surface area contributed by atoms with Crippen molar-refractivity contribution in [1.29, 1.82) is 0 Å². The Morgan fingerprint density at radius 3 is 2.25 bits per heavy atom. The Morgan fingerprint density at radius 1 is 1.15 bits per heavy atom. The van der Waals surface area contributed by atoms with Crippen LogP contribution in [-0.4, -0.2) is 45.8 Å². The summed E-state index contributed by atoms with van der Waals surface area (Å²) in [4.78, 5) is 2.70. The molecule has 0 spiro atoms. The van der Waals surface area contributed by atoms with Crippen LogP contribution in [0.2, 0.25) is 0 Å². The van der Waals surface area contributed by atoms with Crippen LogP contribution in [-0.2, 0) is 9.84 Å². The normalized spacial score (nSPS) is 12.1. The molecule has 0 amide bonds. The lowest BCUT2D eigenvalue weighted by molar-refractivity contribution is 0.269. The zero-order valence-electron chi connectivity index (χ0n) is 12.9. The number of nitrogens with zero attached hydrogens (tertiary/aromatic N) is 1. The first-order chi connectivity index (χ1) is 9.30. The maximum Gasteiger partial charge on any atom is 0.175 e. The van der Waals surface area contributed by atoms with Gasteiger partial charge in [-0.3, -0.25) is 0 Å². The highest BCUT2D eigenvalue weighted by molar-refractivity contribution is 7.90. The van der Waals surface area contributed by atoms with E-state index in [1.54, 1.807) is 12.1 Å². The molecule has 0 bridgehead atoms. The molecule has 1 rings (SSSR count). The largest absolute Gasteiger partial charge is 0.385 e. The van der Waals surface area contributed by atoms with Gasteiger partial charge in [0.15, 0.2) is 9.84 Å². The number of nitrogens with one attached hydrogen (secondary N) is 1. The minimum atomic E-state index is -3.10. The smallest absolute Gasteiger partial charge is 0.175 e. The van der Waals surface area contributed by atoms with E-state index in [1.165, 1.54) is 6.26 Å². The molecule has 0 aliphatic rings. The quantitative estimate of drug-likeness (QED) is 0.750. The van der Waals surface area contributed by atoms with Gasteiger partial charge in [0.05, 0.1) is 4.90 Å². The summed E-state index contributed by atoms with van der Waals surface area (Å²) in [7, 11) is -0.959. The van der Waals surface area contributed by atoms with Crippen LogP contribution in [0.25, 0.3) is 0 Å². The molecule has 0 saturated heterocycles. The molecule has 114 valence electrons. The first kappa shape index (κ1) is 17.0. The number of benzene rings is 1. The third kappa shape index (κ3) is 5.92. The molecule has 0 atom stereocenters. The van der Waals surface area contributed by atoms with Crippen molar-refractivity contribution in [3.8, 4) is 0 Å². The molecule has 0 aromatic heterocycles. The Balaban J connectivity index is 2.29. The summed E-state index contributed by atoms with van der Waals surface area (Å²) in [5.41, 5.74) is 0.967. The molecule has 0 heterocycles. The molecule has 1 aromatic rings. The lowest BCUT2D eigenvalue weighted by atomic mass is 10.2. The molecule has 1 aromatic carbocycles. The SMILES string of the molecule is CC(C)N(C)CCCCNc1ccc(S(C)(=O)=O)cc1. The third-order valence-electron chi connectivity index (χ3n) is 3.43. The van der Waals surface area contributed by atoms with Gasteiger partial charge in [0.25, 0.3) is 0 Å². The van der Waals surface area contributed by atoms with Gasteiger partial charge in [-0.2, -0.15) is 0 Å². The molecule has 1 N–H and O–H groups in total. The lowest BCUT2D eigenvalue weighted by Gasteiger charge is -2.20. The van der Waals surface area contributed by atoms with Crippen molar-refractivity contribution in [3.63, 3.8) is 0 Å². The Bertz CT molecular complexity index is 495. The Morgan fingerprint density at radius 2 is 1.75 bits per heavy atom. The summed E-state index contributed by atoms with van der Waals surface area (Å²) >= 11 is 0. The first-order valence-electron chi connectivity index (χ1n) is 7.05. The summed E-state index contributed by atoms with van der Waals surface area (Å²) in [5.74, 6) is 0. The van der Waals surface area contributed by atoms with Crippen molar-refractivity contribution in [2.45, 2.75) is 37.6 Å². The fourth-order valence-electron chi connectivity index (χ4n) is 1.80. The van der Waals surface area contributed by atoms with Crippen LogP contribution in [0, 0.1) is 0 Å². The van der Waals surface area contributed by atoms with Gasteiger partial charge >= 0.3 is 0 Å². The Labute approximate surface area is 123 Å². The van der Waals surface area contributed by atoms with Crippen molar-refractivity contribution in [1.82, 2.24) is 4.90 Å². The number of hydrogen-bond donors (Lipinski definition) is 1. The number of sulfone groups is 1. The highest BCUT2D eigenvalue weighted by Gasteiger charge is 2.06. The van der Waals surface area contributed by atoms with Crippen LogP contribution in [0.1, 0.15) is 26.7 Å². The first-order valence-corrected chi connectivity index (χ1v) is 8.94. The van der Waals surface area contributed by atoms with E-state index in [2.05, 4.69) is 31.1 Å². The number of anilines is 1. The predicted octanol–water partition coefficient (Wildman–Crippen LogP) is 2.62. The van der Waals surface area contributed by atoms with Crippen LogP contribution in [0.3, 0.4) is 0 Å². The number of rotatable bonds is 8. The predicted molar refractivity (Wildman–Crippen MR) is 85.0 cm³/mol. The fourth-order valence-corrected chi connectivity index (χ4v) is 2.43. The Hall–Kier alpha value is -1.07. The molecule has 20 heavy (non-hydrogen) atoms. The molecule has 0 aliphatic carbocycles. The standard InChI is InChI=1S/C15H26N2O2S/c1-13(2)17(3)12-6-5-11-16-14-7-9-15(10-8-14)20(4,18)19/h7-10,13,16H,5-6,11-12H2,1-4H3. The molecule has 0 radical (unpaired) electrons. The number of unbranched alkanes of at least 4 members (excludes halogenated alkanes) is 1. The molecular weight excluding hydrogens is 272 g/mol. The van der Waals surface area contributed by atoms with Gasteiger partial charge in [0.2, 0.25) is 0 Å². The number of hydrogen-bond acceptors (Lipinski definition) is 4.